The minimum absolute atomic E-state index is 0.0160. The Morgan fingerprint density at radius 2 is 2.00 bits per heavy atom. The summed E-state index contributed by atoms with van der Waals surface area (Å²) < 4.78 is 15.8. The van der Waals surface area contributed by atoms with Crippen LogP contribution in [0.4, 0.5) is 4.39 Å². The number of hydrogen-bond donors (Lipinski definition) is 3. The number of hydrogen-bond acceptors (Lipinski definition) is 6. The molecule has 15 heteroatoms. The molecule has 0 spiro atoms. The molecule has 1 aliphatic rings. The number of benzene rings is 2. The molecule has 1 heterocycles. The third-order valence-corrected chi connectivity index (χ3v) is 6.83. The molecule has 1 aliphatic carbocycles. The van der Waals surface area contributed by atoms with E-state index < -0.39 is 35.0 Å². The van der Waals surface area contributed by atoms with Crippen molar-refractivity contribution in [3.05, 3.63) is 74.0 Å². The normalized spacial score (nSPS) is 13.0. The van der Waals surface area contributed by atoms with Crippen molar-refractivity contribution in [1.29, 1.82) is 0 Å². The van der Waals surface area contributed by atoms with Crippen LogP contribution in [0.2, 0.25) is 5.02 Å². The van der Waals surface area contributed by atoms with Crippen LogP contribution >= 0.6 is 11.6 Å². The van der Waals surface area contributed by atoms with E-state index in [9.17, 15) is 28.7 Å². The number of nitrogens with zero attached hydrogens (tertiary/aromatic N) is 6. The van der Waals surface area contributed by atoms with Gasteiger partial charge >= 0.3 is 0 Å². The van der Waals surface area contributed by atoms with Gasteiger partial charge in [0.1, 0.15) is 12.4 Å². The van der Waals surface area contributed by atoms with Gasteiger partial charge in [-0.3, -0.25) is 23.9 Å². The maximum absolute atomic E-state index is 14.6. The highest BCUT2D eigenvalue weighted by molar-refractivity contribution is 6.30. The van der Waals surface area contributed by atoms with E-state index in [1.165, 1.54) is 39.9 Å². The number of amides is 4. The van der Waals surface area contributed by atoms with Crippen molar-refractivity contribution in [2.45, 2.75) is 57.8 Å². The smallest absolute Gasteiger partial charge is 0.269 e. The zero-order chi connectivity index (χ0) is 30.8. The quantitative estimate of drug-likeness (QED) is 0.172. The first-order valence-electron chi connectivity index (χ1n) is 12.9. The second-order valence-electron chi connectivity index (χ2n) is 10.7. The van der Waals surface area contributed by atoms with Crippen LogP contribution in [0.15, 0.2) is 35.4 Å². The van der Waals surface area contributed by atoms with Crippen LogP contribution in [-0.2, 0) is 29.1 Å². The van der Waals surface area contributed by atoms with Gasteiger partial charge in [-0.2, -0.15) is 5.10 Å². The average Bonchev–Trinajstić information content (AvgIpc) is 3.68. The van der Waals surface area contributed by atoms with Crippen molar-refractivity contribution in [3.8, 4) is 0 Å². The van der Waals surface area contributed by atoms with Crippen molar-refractivity contribution >= 4 is 46.1 Å². The number of halogens is 2. The maximum atomic E-state index is 14.6. The van der Waals surface area contributed by atoms with Crippen LogP contribution < -0.4 is 11.1 Å². The van der Waals surface area contributed by atoms with E-state index in [-0.39, 0.29) is 64.8 Å². The fraction of sp³-hybridized carbons (Fsp3) is 0.370. The van der Waals surface area contributed by atoms with E-state index in [0.717, 1.165) is 0 Å². The van der Waals surface area contributed by atoms with Crippen LogP contribution in [0, 0.1) is 5.82 Å². The molecule has 3 aromatic rings. The Bertz CT molecular complexity index is 1640. The Morgan fingerprint density at radius 3 is 2.62 bits per heavy atom. The predicted octanol–water partition coefficient (Wildman–Crippen LogP) is 3.00. The summed E-state index contributed by atoms with van der Waals surface area (Å²) in [5.74, 6) is -3.43. The van der Waals surface area contributed by atoms with Crippen molar-refractivity contribution in [1.82, 2.24) is 20.0 Å². The monoisotopic (exact) mass is 598 g/mol. The van der Waals surface area contributed by atoms with Crippen molar-refractivity contribution < 1.29 is 28.7 Å². The minimum Gasteiger partial charge on any atom is -0.390 e. The summed E-state index contributed by atoms with van der Waals surface area (Å²) in [5, 5.41) is 20.1. The first-order valence-corrected chi connectivity index (χ1v) is 13.3. The Morgan fingerprint density at radius 1 is 1.29 bits per heavy atom. The summed E-state index contributed by atoms with van der Waals surface area (Å²) in [6.45, 7) is 2.33. The lowest BCUT2D eigenvalue weighted by atomic mass is 9.97. The Labute approximate surface area is 244 Å². The third-order valence-electron chi connectivity index (χ3n) is 6.55. The van der Waals surface area contributed by atoms with Gasteiger partial charge in [-0.15, -0.1) is 0 Å². The number of azide groups is 1. The molecule has 4 amide bonds. The molecule has 0 unspecified atom stereocenters. The molecule has 0 bridgehead atoms. The van der Waals surface area contributed by atoms with Crippen molar-refractivity contribution in [3.63, 3.8) is 0 Å². The molecule has 1 fully saturated rings. The molecular formula is C27H28ClFN8O5. The average molecular weight is 599 g/mol. The van der Waals surface area contributed by atoms with Crippen LogP contribution in [0.3, 0.4) is 0 Å². The molecule has 0 saturated heterocycles. The number of primary amides is 1. The number of nitrogens with two attached hydrogens (primary N) is 1. The largest absolute Gasteiger partial charge is 0.390 e. The van der Waals surface area contributed by atoms with Crippen LogP contribution in [0.25, 0.3) is 21.3 Å². The molecular weight excluding hydrogens is 571 g/mol. The Hall–Kier alpha value is -4.52. The van der Waals surface area contributed by atoms with E-state index in [4.69, 9.17) is 22.9 Å². The van der Waals surface area contributed by atoms with Gasteiger partial charge in [0.15, 0.2) is 5.69 Å². The number of aromatic nitrogens is 2. The molecule has 220 valence electrons. The van der Waals surface area contributed by atoms with E-state index in [1.54, 1.807) is 13.8 Å². The Kier molecular flexibility index (Phi) is 8.81. The van der Waals surface area contributed by atoms with Gasteiger partial charge in [0, 0.05) is 40.4 Å². The topological polar surface area (TPSA) is 196 Å². The summed E-state index contributed by atoms with van der Waals surface area (Å²) in [4.78, 5) is 54.1. The zero-order valence-corrected chi connectivity index (χ0v) is 23.6. The highest BCUT2D eigenvalue weighted by atomic mass is 35.5. The van der Waals surface area contributed by atoms with Gasteiger partial charge < -0.3 is 21.1 Å². The number of aliphatic hydroxyl groups is 1. The Balaban J connectivity index is 1.50. The maximum Gasteiger partial charge on any atom is 0.269 e. The van der Waals surface area contributed by atoms with Gasteiger partial charge in [0.05, 0.1) is 22.7 Å². The summed E-state index contributed by atoms with van der Waals surface area (Å²) >= 11 is 6.02. The molecule has 1 saturated carbocycles. The lowest BCUT2D eigenvalue weighted by molar-refractivity contribution is -0.137. The molecule has 0 radical (unpaired) electrons. The predicted molar refractivity (Wildman–Crippen MR) is 150 cm³/mol. The molecule has 0 aliphatic heterocycles. The summed E-state index contributed by atoms with van der Waals surface area (Å²) in [7, 11) is 0. The van der Waals surface area contributed by atoms with Gasteiger partial charge in [0.2, 0.25) is 17.7 Å². The molecule has 1 aromatic heterocycles. The first kappa shape index (κ1) is 30.4. The number of nitrogens with one attached hydrogen (secondary N) is 1. The SMILES string of the molecule is CC(C)(O)Cc1cc(Cl)c(F)c(CNC(=O)CN(C(=O)Cn2nc(C(N)=O)c3ccc(C(=O)N=[N+]=[N-])cc32)C2CC2)c1. The summed E-state index contributed by atoms with van der Waals surface area (Å²) in [6, 6.07) is 6.84. The second kappa shape index (κ2) is 12.1. The van der Waals surface area contributed by atoms with E-state index >= 15 is 0 Å². The van der Waals surface area contributed by atoms with Gasteiger partial charge in [-0.25, -0.2) is 4.39 Å². The number of rotatable bonds is 11. The van der Waals surface area contributed by atoms with Crippen LogP contribution in [0.1, 0.15) is 58.7 Å². The highest BCUT2D eigenvalue weighted by Crippen LogP contribution is 2.28. The van der Waals surface area contributed by atoms with Crippen LogP contribution in [-0.4, -0.2) is 61.6 Å². The molecule has 13 nitrogen and oxygen atoms in total. The van der Waals surface area contributed by atoms with Crippen molar-refractivity contribution in [2.24, 2.45) is 10.8 Å². The first-order chi connectivity index (χ1) is 19.8. The molecule has 4 rings (SSSR count). The van der Waals surface area contributed by atoms with Gasteiger partial charge in [-0.1, -0.05) is 23.7 Å². The van der Waals surface area contributed by atoms with Gasteiger partial charge in [-0.05, 0) is 61.1 Å². The minimum atomic E-state index is -1.05. The number of carbonyl (C=O) groups excluding carboxylic acids is 4. The van der Waals surface area contributed by atoms with Crippen LogP contribution in [0.5, 0.6) is 0 Å². The fourth-order valence-electron chi connectivity index (χ4n) is 4.58. The van der Waals surface area contributed by atoms with E-state index in [1.807, 2.05) is 0 Å². The fourth-order valence-corrected chi connectivity index (χ4v) is 4.84. The molecule has 2 aromatic carbocycles. The number of carbonyl (C=O) groups is 4. The third kappa shape index (κ3) is 7.21. The van der Waals surface area contributed by atoms with Gasteiger partial charge in [0.25, 0.3) is 5.91 Å². The second-order valence-corrected chi connectivity index (χ2v) is 11.1. The van der Waals surface area contributed by atoms with E-state index in [0.29, 0.717) is 18.4 Å². The molecule has 4 N–H and O–H groups in total. The lowest BCUT2D eigenvalue weighted by Crippen LogP contribution is -2.43. The number of fused-ring (bicyclic) bond motifs is 1. The van der Waals surface area contributed by atoms with Crippen molar-refractivity contribution in [2.75, 3.05) is 6.54 Å². The summed E-state index contributed by atoms with van der Waals surface area (Å²) in [6.07, 6.45) is 1.58. The standard InChI is InChI=1S/C27H28ClFN8O5/c1-27(2,42)10-14-7-16(23(29)19(28)8-14)11-32-21(38)12-36(17-4-5-17)22(39)13-37-20-9-15(26(41)33-35-31)3-6-18(20)24(34-37)25(30)40/h3,6-9,17,42H,4-5,10-13H2,1-2H3,(H2,30,40)(H,32,38). The van der Waals surface area contributed by atoms with E-state index in [2.05, 4.69) is 20.4 Å². The summed E-state index contributed by atoms with van der Waals surface area (Å²) in [5.41, 5.74) is 13.8. The lowest BCUT2D eigenvalue weighted by Gasteiger charge is -2.22. The highest BCUT2D eigenvalue weighted by Gasteiger charge is 2.34. The zero-order valence-electron chi connectivity index (χ0n) is 22.8. The molecule has 0 atom stereocenters. The molecule has 42 heavy (non-hydrogen) atoms.